The molecule has 4 aromatic rings. The molecule has 2 aromatic heterocycles. The molecule has 8 rings (SSSR count). The Hall–Kier alpha value is -5.38. The molecular formula is C40H34N6O4S2. The molecule has 4 amide bonds. The van der Waals surface area contributed by atoms with E-state index in [1.54, 1.807) is 73.3 Å². The van der Waals surface area contributed by atoms with E-state index in [-0.39, 0.29) is 47.5 Å². The van der Waals surface area contributed by atoms with Crippen LogP contribution in [0, 0.1) is 0 Å². The number of fused-ring (bicyclic) bond motifs is 2. The van der Waals surface area contributed by atoms with Crippen LogP contribution in [0.15, 0.2) is 95.4 Å². The van der Waals surface area contributed by atoms with E-state index in [0.29, 0.717) is 22.3 Å². The van der Waals surface area contributed by atoms with E-state index in [9.17, 15) is 19.2 Å². The number of aliphatic imine (C=N–C) groups is 2. The molecule has 4 atom stereocenters. The van der Waals surface area contributed by atoms with Crippen LogP contribution in [0.5, 0.6) is 0 Å². The minimum absolute atomic E-state index is 0.0985. The smallest absolute Gasteiger partial charge is 0.261 e. The predicted octanol–water partition coefficient (Wildman–Crippen LogP) is 8.28. The number of rotatable bonds is 6. The second kappa shape index (κ2) is 15.5. The van der Waals surface area contributed by atoms with Crippen LogP contribution >= 0.6 is 24.4 Å². The maximum Gasteiger partial charge on any atom is 0.261 e. The molecule has 0 unspecified atom stereocenters. The first kappa shape index (κ1) is 35.0. The summed E-state index contributed by atoms with van der Waals surface area (Å²) in [5, 5.41) is 4.81. The van der Waals surface area contributed by atoms with Crippen molar-refractivity contribution in [2.45, 2.75) is 75.3 Å². The number of thiocarbonyl (C=S) groups is 2. The Morgan fingerprint density at radius 3 is 1.27 bits per heavy atom. The summed E-state index contributed by atoms with van der Waals surface area (Å²) in [6.45, 7) is 0. The highest BCUT2D eigenvalue weighted by Crippen LogP contribution is 2.42. The molecule has 12 heteroatoms. The van der Waals surface area contributed by atoms with E-state index in [1.165, 1.54) is 9.80 Å². The zero-order valence-corrected chi connectivity index (χ0v) is 29.8. The Labute approximate surface area is 311 Å². The Kier molecular flexibility index (Phi) is 10.4. The predicted molar refractivity (Wildman–Crippen MR) is 202 cm³/mol. The van der Waals surface area contributed by atoms with Crippen LogP contribution < -0.4 is 0 Å². The van der Waals surface area contributed by atoms with Crippen molar-refractivity contribution in [2.75, 3.05) is 0 Å². The third-order valence-electron chi connectivity index (χ3n) is 10.6. The molecule has 260 valence electrons. The highest BCUT2D eigenvalue weighted by atomic mass is 32.1. The minimum Gasteiger partial charge on any atom is -0.271 e. The standard InChI is InChI=1S/2C20H17N3O2S/c2*24-19-16-6-1-2-7-17(16)20(25)23(19)14-5-3-4-13(10-14)15-8-9-21-11-18(15)22-12-26/h2*1-2,6-9,11,13-14H,3-5,10H2/t2*13-,14+/m10/s1. The number of carbonyl (C=O) groups excluding carboxylic acids is 4. The molecule has 0 N–H and O–H groups in total. The second-order valence-electron chi connectivity index (χ2n) is 13.4. The van der Waals surface area contributed by atoms with E-state index in [2.05, 4.69) is 30.3 Å². The minimum atomic E-state index is -0.178. The summed E-state index contributed by atoms with van der Waals surface area (Å²) in [7, 11) is 0. The molecule has 2 saturated carbocycles. The van der Waals surface area contributed by atoms with Gasteiger partial charge in [-0.1, -0.05) is 37.1 Å². The molecule has 52 heavy (non-hydrogen) atoms. The summed E-state index contributed by atoms with van der Waals surface area (Å²) in [6.07, 6.45) is 13.8. The van der Waals surface area contributed by atoms with Crippen LogP contribution in [-0.4, -0.2) is 65.8 Å². The molecule has 4 heterocycles. The first-order valence-corrected chi connectivity index (χ1v) is 18.2. The van der Waals surface area contributed by atoms with E-state index in [1.807, 2.05) is 12.1 Å². The van der Waals surface area contributed by atoms with Crippen molar-refractivity contribution in [2.24, 2.45) is 9.98 Å². The number of pyridine rings is 2. The number of hydrogen-bond donors (Lipinski definition) is 0. The Morgan fingerprint density at radius 1 is 0.558 bits per heavy atom. The normalized spacial score (nSPS) is 22.1. The summed E-state index contributed by atoms with van der Waals surface area (Å²) < 4.78 is 0. The van der Waals surface area contributed by atoms with Gasteiger partial charge in [0.05, 0.1) is 56.3 Å². The molecule has 0 spiro atoms. The molecule has 4 aliphatic rings. The SMILES string of the molecule is O=C1c2ccccc2C(=O)N1[C@@H]1CCC[C@H](c2ccncc2N=C=S)C1.O=C1c2ccccc2C(=O)N1[C@H]1CCC[C@@H](c2ccncc2N=C=S)C1. The number of nitrogens with zero attached hydrogens (tertiary/aromatic N) is 6. The van der Waals surface area contributed by atoms with Crippen molar-refractivity contribution >= 4 is 69.8 Å². The summed E-state index contributed by atoms with van der Waals surface area (Å²) in [5.74, 6) is -0.288. The molecule has 2 aliphatic heterocycles. The van der Waals surface area contributed by atoms with Gasteiger partial charge < -0.3 is 0 Å². The Balaban J connectivity index is 0.000000162. The molecule has 0 saturated heterocycles. The summed E-state index contributed by atoms with van der Waals surface area (Å²) >= 11 is 9.47. The lowest BCUT2D eigenvalue weighted by Gasteiger charge is -2.34. The fourth-order valence-corrected chi connectivity index (χ4v) is 8.41. The maximum atomic E-state index is 12.8. The largest absolute Gasteiger partial charge is 0.271 e. The average Bonchev–Trinajstić information content (AvgIpc) is 3.60. The van der Waals surface area contributed by atoms with Crippen LogP contribution in [0.2, 0.25) is 0 Å². The summed E-state index contributed by atoms with van der Waals surface area (Å²) in [6, 6.07) is 17.8. The fourth-order valence-electron chi connectivity index (χ4n) is 8.21. The zero-order valence-electron chi connectivity index (χ0n) is 28.2. The Morgan fingerprint density at radius 2 is 0.923 bits per heavy atom. The zero-order chi connectivity index (χ0) is 36.2. The van der Waals surface area contributed by atoms with Crippen LogP contribution in [0.3, 0.4) is 0 Å². The summed E-state index contributed by atoms with van der Waals surface area (Å²) in [4.78, 5) is 70.5. The van der Waals surface area contributed by atoms with Gasteiger partial charge in [-0.05, 0) is 122 Å². The molecular weight excluding hydrogens is 693 g/mol. The lowest BCUT2D eigenvalue weighted by atomic mass is 9.80. The topological polar surface area (TPSA) is 125 Å². The van der Waals surface area contributed by atoms with Gasteiger partial charge in [0.1, 0.15) is 0 Å². The van der Waals surface area contributed by atoms with E-state index < -0.39 is 0 Å². The van der Waals surface area contributed by atoms with Gasteiger partial charge in [-0.15, -0.1) is 0 Å². The van der Waals surface area contributed by atoms with Crippen LogP contribution in [-0.2, 0) is 0 Å². The van der Waals surface area contributed by atoms with Crippen LogP contribution in [0.4, 0.5) is 11.4 Å². The van der Waals surface area contributed by atoms with Crippen molar-refractivity contribution in [1.82, 2.24) is 19.8 Å². The molecule has 10 nitrogen and oxygen atoms in total. The van der Waals surface area contributed by atoms with Gasteiger partial charge in [0.25, 0.3) is 23.6 Å². The van der Waals surface area contributed by atoms with E-state index in [4.69, 9.17) is 24.4 Å². The molecule has 0 bridgehead atoms. The van der Waals surface area contributed by atoms with Gasteiger partial charge in [0.15, 0.2) is 0 Å². The highest BCUT2D eigenvalue weighted by molar-refractivity contribution is 7.78. The number of carbonyl (C=O) groups is 4. The third kappa shape index (κ3) is 6.69. The number of aromatic nitrogens is 2. The third-order valence-corrected chi connectivity index (χ3v) is 10.7. The molecule has 0 radical (unpaired) electrons. The van der Waals surface area contributed by atoms with E-state index >= 15 is 0 Å². The average molecular weight is 727 g/mol. The lowest BCUT2D eigenvalue weighted by Crippen LogP contribution is -2.42. The summed E-state index contributed by atoms with van der Waals surface area (Å²) in [5.41, 5.74) is 5.58. The second-order valence-corrected chi connectivity index (χ2v) is 13.7. The van der Waals surface area contributed by atoms with Crippen molar-refractivity contribution < 1.29 is 19.2 Å². The van der Waals surface area contributed by atoms with Gasteiger partial charge in [-0.3, -0.25) is 38.9 Å². The Bertz CT molecular complexity index is 1960. The van der Waals surface area contributed by atoms with Gasteiger partial charge in [-0.2, -0.15) is 9.98 Å². The van der Waals surface area contributed by atoms with Crippen molar-refractivity contribution in [3.8, 4) is 0 Å². The molecule has 2 fully saturated rings. The van der Waals surface area contributed by atoms with Gasteiger partial charge in [0, 0.05) is 24.5 Å². The van der Waals surface area contributed by atoms with E-state index in [0.717, 1.165) is 73.9 Å². The van der Waals surface area contributed by atoms with Crippen molar-refractivity contribution in [3.63, 3.8) is 0 Å². The number of benzene rings is 2. The monoisotopic (exact) mass is 726 g/mol. The van der Waals surface area contributed by atoms with Gasteiger partial charge in [0.2, 0.25) is 0 Å². The van der Waals surface area contributed by atoms with Crippen molar-refractivity contribution in [3.05, 3.63) is 119 Å². The molecule has 2 aromatic carbocycles. The number of hydrogen-bond acceptors (Lipinski definition) is 10. The highest BCUT2D eigenvalue weighted by Gasteiger charge is 2.43. The quantitative estimate of drug-likeness (QED) is 0.110. The first-order valence-electron chi connectivity index (χ1n) is 17.4. The number of isothiocyanates is 2. The van der Waals surface area contributed by atoms with Crippen LogP contribution in [0.25, 0.3) is 0 Å². The number of amides is 4. The van der Waals surface area contributed by atoms with Gasteiger partial charge >= 0.3 is 0 Å². The maximum absolute atomic E-state index is 12.8. The van der Waals surface area contributed by atoms with Crippen molar-refractivity contribution in [1.29, 1.82) is 0 Å². The molecule has 2 aliphatic carbocycles. The fraction of sp³-hybridized carbons (Fsp3) is 0.300. The first-order chi connectivity index (χ1) is 25.4. The van der Waals surface area contributed by atoms with Gasteiger partial charge in [-0.25, -0.2) is 0 Å². The lowest BCUT2D eigenvalue weighted by molar-refractivity contribution is 0.0524. The number of imide groups is 2. The van der Waals surface area contributed by atoms with Crippen LogP contribution in [0.1, 0.15) is 116 Å².